The van der Waals surface area contributed by atoms with E-state index >= 15 is 0 Å². The molecule has 6 heteroatoms. The number of hydrogen-bond acceptors (Lipinski definition) is 3. The van der Waals surface area contributed by atoms with E-state index in [1.54, 1.807) is 6.07 Å². The summed E-state index contributed by atoms with van der Waals surface area (Å²) in [6, 6.07) is 9.45. The second-order valence-electron chi connectivity index (χ2n) is 4.68. The molecule has 5 nitrogen and oxygen atoms in total. The Morgan fingerprint density at radius 3 is 2.43 bits per heavy atom. The topological polar surface area (TPSA) is 72.2 Å². The van der Waals surface area contributed by atoms with Gasteiger partial charge in [0.15, 0.2) is 0 Å². The number of benzene rings is 2. The quantitative estimate of drug-likeness (QED) is 0.685. The van der Waals surface area contributed by atoms with Crippen LogP contribution < -0.4 is 5.32 Å². The summed E-state index contributed by atoms with van der Waals surface area (Å²) in [5, 5.41) is 13.4. The van der Waals surface area contributed by atoms with Crippen LogP contribution in [0.3, 0.4) is 0 Å². The van der Waals surface area contributed by atoms with Crippen LogP contribution in [-0.4, -0.2) is 10.8 Å². The monoisotopic (exact) mass is 304 g/mol. The van der Waals surface area contributed by atoms with Crippen LogP contribution in [0.15, 0.2) is 36.4 Å². The molecule has 0 radical (unpaired) electrons. The summed E-state index contributed by atoms with van der Waals surface area (Å²) in [7, 11) is 0. The first-order chi connectivity index (χ1) is 9.88. The van der Waals surface area contributed by atoms with Gasteiger partial charge in [-0.2, -0.15) is 0 Å². The van der Waals surface area contributed by atoms with Gasteiger partial charge in [0.1, 0.15) is 5.02 Å². The molecule has 2 aromatic carbocycles. The number of carbonyl (C=O) groups is 1. The Balaban J connectivity index is 2.22. The van der Waals surface area contributed by atoms with Gasteiger partial charge in [-0.3, -0.25) is 14.9 Å². The van der Waals surface area contributed by atoms with E-state index in [0.29, 0.717) is 5.69 Å². The fourth-order valence-corrected chi connectivity index (χ4v) is 2.07. The summed E-state index contributed by atoms with van der Waals surface area (Å²) in [6.07, 6.45) is 0. The Morgan fingerprint density at radius 1 is 1.14 bits per heavy atom. The summed E-state index contributed by atoms with van der Waals surface area (Å²) in [6.45, 7) is 3.94. The summed E-state index contributed by atoms with van der Waals surface area (Å²) in [5.41, 5.74) is 2.90. The minimum atomic E-state index is -0.590. The van der Waals surface area contributed by atoms with Crippen molar-refractivity contribution >= 4 is 28.9 Å². The normalized spacial score (nSPS) is 10.2. The Labute approximate surface area is 126 Å². The molecule has 0 spiro atoms. The van der Waals surface area contributed by atoms with Crippen LogP contribution in [0, 0.1) is 24.0 Å². The van der Waals surface area contributed by atoms with Crippen LogP contribution in [0.2, 0.25) is 5.02 Å². The Bertz CT molecular complexity index is 729. The van der Waals surface area contributed by atoms with E-state index in [9.17, 15) is 14.9 Å². The van der Waals surface area contributed by atoms with Crippen LogP contribution in [0.25, 0.3) is 0 Å². The van der Waals surface area contributed by atoms with Gasteiger partial charge in [-0.25, -0.2) is 0 Å². The molecule has 0 fully saturated rings. The smallest absolute Gasteiger partial charge is 0.287 e. The van der Waals surface area contributed by atoms with Gasteiger partial charge >= 0.3 is 0 Å². The van der Waals surface area contributed by atoms with Crippen molar-refractivity contribution in [1.29, 1.82) is 0 Å². The number of amides is 1. The lowest BCUT2D eigenvalue weighted by atomic mass is 10.1. The predicted molar refractivity (Wildman–Crippen MR) is 82.0 cm³/mol. The maximum Gasteiger partial charge on any atom is 0.287 e. The number of nitrogens with one attached hydrogen (secondary N) is 1. The standard InChI is InChI=1S/C15H13ClN2O3/c1-9-3-5-12(7-10(9)2)17-15(19)11-4-6-14(18(20)21)13(16)8-11/h3-8H,1-2H3,(H,17,19). The molecule has 21 heavy (non-hydrogen) atoms. The van der Waals surface area contributed by atoms with Gasteiger partial charge in [-0.1, -0.05) is 17.7 Å². The van der Waals surface area contributed by atoms with E-state index in [4.69, 9.17) is 11.6 Å². The van der Waals surface area contributed by atoms with E-state index in [2.05, 4.69) is 5.32 Å². The molecule has 1 amide bonds. The number of aryl methyl sites for hydroxylation is 2. The highest BCUT2D eigenvalue weighted by atomic mass is 35.5. The first kappa shape index (κ1) is 15.0. The molecule has 108 valence electrons. The molecule has 0 aliphatic heterocycles. The Morgan fingerprint density at radius 2 is 1.86 bits per heavy atom. The largest absolute Gasteiger partial charge is 0.322 e. The lowest BCUT2D eigenvalue weighted by Gasteiger charge is -2.08. The van der Waals surface area contributed by atoms with Gasteiger partial charge in [-0.15, -0.1) is 0 Å². The molecule has 2 aromatic rings. The third-order valence-electron chi connectivity index (χ3n) is 3.17. The van der Waals surface area contributed by atoms with Crippen LogP contribution >= 0.6 is 11.6 Å². The van der Waals surface area contributed by atoms with Gasteiger partial charge in [0.25, 0.3) is 11.6 Å². The van der Waals surface area contributed by atoms with Crippen molar-refractivity contribution in [3.8, 4) is 0 Å². The number of nitrogens with zero attached hydrogens (tertiary/aromatic N) is 1. The lowest BCUT2D eigenvalue weighted by molar-refractivity contribution is -0.384. The van der Waals surface area contributed by atoms with E-state index in [1.165, 1.54) is 18.2 Å². The van der Waals surface area contributed by atoms with E-state index in [-0.39, 0.29) is 22.2 Å². The Hall–Kier alpha value is -2.40. The number of carbonyl (C=O) groups excluding carboxylic acids is 1. The second-order valence-corrected chi connectivity index (χ2v) is 5.08. The van der Waals surface area contributed by atoms with Crippen molar-refractivity contribution in [3.63, 3.8) is 0 Å². The van der Waals surface area contributed by atoms with Crippen LogP contribution in [0.4, 0.5) is 11.4 Å². The zero-order valence-corrected chi connectivity index (χ0v) is 12.3. The maximum atomic E-state index is 12.1. The predicted octanol–water partition coefficient (Wildman–Crippen LogP) is 4.12. The number of nitro groups is 1. The Kier molecular flexibility index (Phi) is 4.23. The summed E-state index contributed by atoms with van der Waals surface area (Å²) >= 11 is 5.80. The SMILES string of the molecule is Cc1ccc(NC(=O)c2ccc([N+](=O)[O-])c(Cl)c2)cc1C. The average molecular weight is 305 g/mol. The first-order valence-electron chi connectivity index (χ1n) is 6.21. The zero-order chi connectivity index (χ0) is 15.6. The molecule has 0 unspecified atom stereocenters. The van der Waals surface area contributed by atoms with Gasteiger partial charge in [-0.05, 0) is 49.2 Å². The maximum absolute atomic E-state index is 12.1. The van der Waals surface area contributed by atoms with Gasteiger partial charge < -0.3 is 5.32 Å². The van der Waals surface area contributed by atoms with E-state index in [0.717, 1.165) is 11.1 Å². The first-order valence-corrected chi connectivity index (χ1v) is 6.59. The van der Waals surface area contributed by atoms with Gasteiger partial charge in [0, 0.05) is 17.3 Å². The molecular weight excluding hydrogens is 292 g/mol. The summed E-state index contributed by atoms with van der Waals surface area (Å²) in [4.78, 5) is 22.2. The number of rotatable bonds is 3. The summed E-state index contributed by atoms with van der Waals surface area (Å²) in [5.74, 6) is -0.366. The molecule has 0 saturated heterocycles. The molecule has 0 saturated carbocycles. The highest BCUT2D eigenvalue weighted by molar-refractivity contribution is 6.33. The molecule has 0 atom stereocenters. The molecule has 2 rings (SSSR count). The number of nitro benzene ring substituents is 1. The molecule has 0 bridgehead atoms. The molecule has 0 aromatic heterocycles. The fraction of sp³-hybridized carbons (Fsp3) is 0.133. The van der Waals surface area contributed by atoms with Crippen LogP contribution in [-0.2, 0) is 0 Å². The van der Waals surface area contributed by atoms with Crippen molar-refractivity contribution in [2.24, 2.45) is 0 Å². The molecule has 1 N–H and O–H groups in total. The lowest BCUT2D eigenvalue weighted by Crippen LogP contribution is -2.12. The zero-order valence-electron chi connectivity index (χ0n) is 11.5. The van der Waals surface area contributed by atoms with Crippen LogP contribution in [0.1, 0.15) is 21.5 Å². The van der Waals surface area contributed by atoms with Gasteiger partial charge in [0.05, 0.1) is 4.92 Å². The highest BCUT2D eigenvalue weighted by Gasteiger charge is 2.15. The van der Waals surface area contributed by atoms with Crippen molar-refractivity contribution in [3.05, 3.63) is 68.2 Å². The number of hydrogen-bond donors (Lipinski definition) is 1. The van der Waals surface area contributed by atoms with Crippen LogP contribution in [0.5, 0.6) is 0 Å². The average Bonchev–Trinajstić information content (AvgIpc) is 2.42. The van der Waals surface area contributed by atoms with Crippen molar-refractivity contribution in [2.75, 3.05) is 5.32 Å². The third kappa shape index (κ3) is 3.38. The number of halogens is 1. The molecule has 0 heterocycles. The fourth-order valence-electron chi connectivity index (χ4n) is 1.82. The molecule has 0 aliphatic rings. The minimum Gasteiger partial charge on any atom is -0.322 e. The molecular formula is C15H13ClN2O3. The van der Waals surface area contributed by atoms with Crippen molar-refractivity contribution < 1.29 is 9.72 Å². The highest BCUT2D eigenvalue weighted by Crippen LogP contribution is 2.25. The molecule has 0 aliphatic carbocycles. The third-order valence-corrected chi connectivity index (χ3v) is 3.47. The second kappa shape index (κ2) is 5.93. The number of anilines is 1. The van der Waals surface area contributed by atoms with E-state index in [1.807, 2.05) is 26.0 Å². The van der Waals surface area contributed by atoms with Gasteiger partial charge in [0.2, 0.25) is 0 Å². The van der Waals surface area contributed by atoms with Crippen molar-refractivity contribution in [2.45, 2.75) is 13.8 Å². The minimum absolute atomic E-state index is 0.0623. The van der Waals surface area contributed by atoms with E-state index < -0.39 is 4.92 Å². The summed E-state index contributed by atoms with van der Waals surface area (Å²) < 4.78 is 0. The van der Waals surface area contributed by atoms with Crippen molar-refractivity contribution in [1.82, 2.24) is 0 Å².